The number of hydrogen-bond donors (Lipinski definition) is 1. The molecule has 0 saturated carbocycles. The van der Waals surface area contributed by atoms with Gasteiger partial charge < -0.3 is 10.5 Å². The average molecular weight is 283 g/mol. The highest BCUT2D eigenvalue weighted by Gasteiger charge is 2.38. The van der Waals surface area contributed by atoms with E-state index in [0.29, 0.717) is 12.8 Å². The van der Waals surface area contributed by atoms with Crippen molar-refractivity contribution in [3.05, 3.63) is 34.9 Å². The first-order valence-electron chi connectivity index (χ1n) is 6.37. The topological polar surface area (TPSA) is 55.6 Å². The van der Waals surface area contributed by atoms with Crippen molar-refractivity contribution in [2.75, 3.05) is 20.2 Å². The zero-order valence-electron chi connectivity index (χ0n) is 11.1. The van der Waals surface area contributed by atoms with E-state index < -0.39 is 5.54 Å². The Morgan fingerprint density at radius 2 is 2.16 bits per heavy atom. The Morgan fingerprint density at radius 1 is 1.47 bits per heavy atom. The summed E-state index contributed by atoms with van der Waals surface area (Å²) in [4.78, 5) is 13.9. The van der Waals surface area contributed by atoms with Crippen molar-refractivity contribution >= 4 is 17.6 Å². The highest BCUT2D eigenvalue weighted by Crippen LogP contribution is 2.23. The molecule has 1 aliphatic rings. The molecule has 1 aliphatic heterocycles. The molecule has 0 spiro atoms. The maximum absolute atomic E-state index is 11.6. The van der Waals surface area contributed by atoms with Crippen molar-refractivity contribution in [1.82, 2.24) is 4.90 Å². The molecular formula is C14H19ClN2O2. The van der Waals surface area contributed by atoms with Crippen molar-refractivity contribution in [2.45, 2.75) is 24.9 Å². The van der Waals surface area contributed by atoms with Crippen LogP contribution in [0.2, 0.25) is 5.02 Å². The molecule has 1 fully saturated rings. The molecule has 1 heterocycles. The van der Waals surface area contributed by atoms with Gasteiger partial charge in [0.05, 0.1) is 7.11 Å². The molecule has 1 saturated heterocycles. The smallest absolute Gasteiger partial charge is 0.325 e. The van der Waals surface area contributed by atoms with E-state index in [1.54, 1.807) is 0 Å². The van der Waals surface area contributed by atoms with Gasteiger partial charge in [0, 0.05) is 24.7 Å². The number of carbonyl (C=O) groups is 1. The van der Waals surface area contributed by atoms with E-state index in [1.165, 1.54) is 12.7 Å². The highest BCUT2D eigenvalue weighted by atomic mass is 35.5. The minimum Gasteiger partial charge on any atom is -0.468 e. The number of hydrogen-bond acceptors (Lipinski definition) is 4. The number of benzene rings is 1. The second kappa shape index (κ2) is 5.90. The summed E-state index contributed by atoms with van der Waals surface area (Å²) >= 11 is 5.97. The third kappa shape index (κ3) is 3.47. The van der Waals surface area contributed by atoms with Crippen molar-refractivity contribution in [2.24, 2.45) is 5.73 Å². The second-order valence-corrected chi connectivity index (χ2v) is 5.49. The van der Waals surface area contributed by atoms with Gasteiger partial charge in [-0.25, -0.2) is 0 Å². The molecule has 1 aromatic rings. The Labute approximate surface area is 118 Å². The van der Waals surface area contributed by atoms with E-state index in [2.05, 4.69) is 11.0 Å². The van der Waals surface area contributed by atoms with Gasteiger partial charge in [-0.05, 0) is 30.5 Å². The Hall–Kier alpha value is -1.10. The lowest BCUT2D eigenvalue weighted by Crippen LogP contribution is -2.55. The predicted octanol–water partition coefficient (Wildman–Crippen LogP) is 1.81. The lowest BCUT2D eigenvalue weighted by atomic mass is 9.88. The van der Waals surface area contributed by atoms with Crippen LogP contribution in [0.3, 0.4) is 0 Å². The molecule has 0 bridgehead atoms. The molecule has 4 nitrogen and oxygen atoms in total. The molecule has 2 rings (SSSR count). The fraction of sp³-hybridized carbons (Fsp3) is 0.500. The molecular weight excluding hydrogens is 264 g/mol. The van der Waals surface area contributed by atoms with E-state index in [-0.39, 0.29) is 5.97 Å². The van der Waals surface area contributed by atoms with Crippen molar-refractivity contribution in [3.63, 3.8) is 0 Å². The minimum atomic E-state index is -0.820. The summed E-state index contributed by atoms with van der Waals surface area (Å²) in [6, 6.07) is 7.83. The van der Waals surface area contributed by atoms with E-state index in [0.717, 1.165) is 24.7 Å². The zero-order valence-corrected chi connectivity index (χ0v) is 11.8. The van der Waals surface area contributed by atoms with Crippen LogP contribution in [0.25, 0.3) is 0 Å². The fourth-order valence-corrected chi connectivity index (χ4v) is 2.62. The van der Waals surface area contributed by atoms with Gasteiger partial charge in [-0.1, -0.05) is 23.7 Å². The van der Waals surface area contributed by atoms with Gasteiger partial charge in [0.15, 0.2) is 0 Å². The Balaban J connectivity index is 1.92. The summed E-state index contributed by atoms with van der Waals surface area (Å²) in [6.07, 6.45) is 1.25. The quantitative estimate of drug-likeness (QED) is 0.859. The lowest BCUT2D eigenvalue weighted by molar-refractivity contribution is -0.149. The lowest BCUT2D eigenvalue weighted by Gasteiger charge is -2.37. The molecule has 0 atom stereocenters. The molecule has 104 valence electrons. The number of ether oxygens (including phenoxy) is 1. The van der Waals surface area contributed by atoms with Crippen LogP contribution in [-0.4, -0.2) is 36.6 Å². The number of nitrogens with zero attached hydrogens (tertiary/aromatic N) is 1. The van der Waals surface area contributed by atoms with Crippen LogP contribution in [0.1, 0.15) is 18.4 Å². The largest absolute Gasteiger partial charge is 0.468 e. The Bertz CT molecular complexity index is 457. The van der Waals surface area contributed by atoms with Gasteiger partial charge in [-0.3, -0.25) is 9.69 Å². The van der Waals surface area contributed by atoms with E-state index in [4.69, 9.17) is 22.1 Å². The second-order valence-electron chi connectivity index (χ2n) is 5.05. The molecule has 19 heavy (non-hydrogen) atoms. The number of esters is 1. The molecule has 0 aromatic heterocycles. The minimum absolute atomic E-state index is 0.310. The van der Waals surface area contributed by atoms with Gasteiger partial charge in [0.1, 0.15) is 5.54 Å². The van der Waals surface area contributed by atoms with Crippen LogP contribution in [0.15, 0.2) is 24.3 Å². The first-order chi connectivity index (χ1) is 9.03. The molecule has 5 heteroatoms. The zero-order chi connectivity index (χ0) is 13.9. The van der Waals surface area contributed by atoms with E-state index in [1.807, 2.05) is 18.2 Å². The van der Waals surface area contributed by atoms with Crippen LogP contribution in [0.5, 0.6) is 0 Å². The summed E-state index contributed by atoms with van der Waals surface area (Å²) in [6.45, 7) is 2.41. The van der Waals surface area contributed by atoms with E-state index >= 15 is 0 Å². The Kier molecular flexibility index (Phi) is 4.45. The van der Waals surface area contributed by atoms with Crippen LogP contribution in [0, 0.1) is 0 Å². The molecule has 0 unspecified atom stereocenters. The highest BCUT2D eigenvalue weighted by molar-refractivity contribution is 6.30. The van der Waals surface area contributed by atoms with Gasteiger partial charge in [-0.15, -0.1) is 0 Å². The number of likely N-dealkylation sites (tertiary alicyclic amines) is 1. The van der Waals surface area contributed by atoms with Crippen LogP contribution in [0.4, 0.5) is 0 Å². The third-order valence-corrected chi connectivity index (χ3v) is 3.87. The van der Waals surface area contributed by atoms with Crippen molar-refractivity contribution < 1.29 is 9.53 Å². The van der Waals surface area contributed by atoms with Crippen molar-refractivity contribution in [1.29, 1.82) is 0 Å². The average Bonchev–Trinajstić information content (AvgIpc) is 2.41. The fourth-order valence-electron chi connectivity index (χ4n) is 2.41. The number of rotatable bonds is 3. The predicted molar refractivity (Wildman–Crippen MR) is 74.9 cm³/mol. The van der Waals surface area contributed by atoms with Crippen LogP contribution < -0.4 is 5.73 Å². The van der Waals surface area contributed by atoms with Gasteiger partial charge in [0.2, 0.25) is 0 Å². The van der Waals surface area contributed by atoms with E-state index in [9.17, 15) is 4.79 Å². The normalized spacial score (nSPS) is 19.1. The number of carbonyl (C=O) groups excluding carboxylic acids is 1. The monoisotopic (exact) mass is 282 g/mol. The summed E-state index contributed by atoms with van der Waals surface area (Å²) in [5.41, 5.74) is 6.43. The summed E-state index contributed by atoms with van der Waals surface area (Å²) in [7, 11) is 1.38. The van der Waals surface area contributed by atoms with Gasteiger partial charge in [-0.2, -0.15) is 0 Å². The standard InChI is InChI=1S/C14H19ClN2O2/c1-19-13(18)14(16)5-7-17(8-6-14)10-11-3-2-4-12(15)9-11/h2-4,9H,5-8,10,16H2,1H3. The number of nitrogens with two attached hydrogens (primary N) is 1. The first-order valence-corrected chi connectivity index (χ1v) is 6.75. The number of piperidine rings is 1. The molecule has 2 N–H and O–H groups in total. The maximum atomic E-state index is 11.6. The summed E-state index contributed by atoms with van der Waals surface area (Å²) in [5.74, 6) is -0.310. The number of halogens is 1. The summed E-state index contributed by atoms with van der Waals surface area (Å²) < 4.78 is 4.76. The van der Waals surface area contributed by atoms with Crippen molar-refractivity contribution in [3.8, 4) is 0 Å². The molecule has 0 amide bonds. The Morgan fingerprint density at radius 3 is 2.74 bits per heavy atom. The first kappa shape index (κ1) is 14.3. The molecule has 1 aromatic carbocycles. The van der Waals surface area contributed by atoms with Crippen LogP contribution >= 0.6 is 11.6 Å². The maximum Gasteiger partial charge on any atom is 0.325 e. The van der Waals surface area contributed by atoms with Crippen LogP contribution in [-0.2, 0) is 16.1 Å². The SMILES string of the molecule is COC(=O)C1(N)CCN(Cc2cccc(Cl)c2)CC1. The number of methoxy groups -OCH3 is 1. The molecule has 0 radical (unpaired) electrons. The van der Waals surface area contributed by atoms with Gasteiger partial charge in [0.25, 0.3) is 0 Å². The third-order valence-electron chi connectivity index (χ3n) is 3.64. The van der Waals surface area contributed by atoms with Gasteiger partial charge >= 0.3 is 5.97 Å². The summed E-state index contributed by atoms with van der Waals surface area (Å²) in [5, 5.41) is 0.747. The molecule has 0 aliphatic carbocycles.